The largest absolute Gasteiger partial charge is 0.444 e. The van der Waals surface area contributed by atoms with E-state index in [0.717, 1.165) is 18.8 Å². The van der Waals surface area contributed by atoms with Crippen LogP contribution in [0.4, 0.5) is 4.79 Å². The third-order valence-corrected chi connectivity index (χ3v) is 3.88. The van der Waals surface area contributed by atoms with Crippen LogP contribution in [0.1, 0.15) is 25.6 Å². The number of carbonyl (C=O) groups excluding carboxylic acids is 1. The highest BCUT2D eigenvalue weighted by Crippen LogP contribution is 2.11. The van der Waals surface area contributed by atoms with Gasteiger partial charge in [-0.25, -0.2) is 4.79 Å². The monoisotopic (exact) mass is 309 g/mol. The summed E-state index contributed by atoms with van der Waals surface area (Å²) in [6.45, 7) is 8.21. The number of amidine groups is 1. The van der Waals surface area contributed by atoms with Gasteiger partial charge in [-0.2, -0.15) is 0 Å². The van der Waals surface area contributed by atoms with Gasteiger partial charge >= 0.3 is 6.09 Å². The molecule has 1 aliphatic rings. The minimum absolute atomic E-state index is 0.269. The lowest BCUT2D eigenvalue weighted by atomic mass is 10.2. The fourth-order valence-electron chi connectivity index (χ4n) is 1.99. The number of nitrogens with zero attached hydrogens (tertiary/aromatic N) is 2. The highest BCUT2D eigenvalue weighted by Gasteiger charge is 2.24. The van der Waals surface area contributed by atoms with E-state index in [4.69, 9.17) is 4.74 Å². The molecule has 1 amide bonds. The maximum atomic E-state index is 12.0. The predicted octanol–water partition coefficient (Wildman–Crippen LogP) is 2.53. The first kappa shape index (κ1) is 15.8. The first-order valence-corrected chi connectivity index (χ1v) is 8.09. The maximum absolute atomic E-state index is 12.0. The predicted molar refractivity (Wildman–Crippen MR) is 86.1 cm³/mol. The molecule has 0 fully saturated rings. The van der Waals surface area contributed by atoms with Crippen LogP contribution in [0.2, 0.25) is 0 Å². The molecule has 116 valence electrons. The van der Waals surface area contributed by atoms with Gasteiger partial charge in [0.15, 0.2) is 0 Å². The number of hydrogen-bond donors (Lipinski definition) is 1. The van der Waals surface area contributed by atoms with Crippen molar-refractivity contribution >= 4 is 23.3 Å². The molecule has 1 aliphatic heterocycles. The second-order valence-electron chi connectivity index (χ2n) is 5.99. The number of aliphatic imine (C=N–C) groups is 1. The fraction of sp³-hybridized carbons (Fsp3) is 0.600. The summed E-state index contributed by atoms with van der Waals surface area (Å²) in [5.41, 5.74) is -0.460. The minimum atomic E-state index is -0.460. The second-order valence-corrected chi connectivity index (χ2v) is 7.02. The Kier molecular flexibility index (Phi) is 5.22. The molecule has 0 atom stereocenters. The molecular formula is C15H23N3O2S. The van der Waals surface area contributed by atoms with E-state index in [2.05, 4.69) is 27.8 Å². The molecule has 0 aliphatic carbocycles. The molecule has 2 heterocycles. The van der Waals surface area contributed by atoms with Gasteiger partial charge in [0.25, 0.3) is 0 Å². The zero-order valence-corrected chi connectivity index (χ0v) is 13.7. The molecule has 0 aromatic carbocycles. The summed E-state index contributed by atoms with van der Waals surface area (Å²) in [5, 5.41) is 5.40. The lowest BCUT2D eigenvalue weighted by Gasteiger charge is -2.29. The molecule has 1 aromatic heterocycles. The van der Waals surface area contributed by atoms with Crippen molar-refractivity contribution < 1.29 is 9.53 Å². The van der Waals surface area contributed by atoms with Crippen LogP contribution >= 0.6 is 11.3 Å². The molecule has 21 heavy (non-hydrogen) atoms. The lowest BCUT2D eigenvalue weighted by molar-refractivity contribution is 0.0276. The SMILES string of the molecule is CC(C)(C)OC(=O)N1CCN=C(NCCc2cccs2)C1. The second kappa shape index (κ2) is 6.93. The van der Waals surface area contributed by atoms with Crippen molar-refractivity contribution in [3.63, 3.8) is 0 Å². The van der Waals surface area contributed by atoms with E-state index in [1.165, 1.54) is 4.88 Å². The van der Waals surface area contributed by atoms with Crippen LogP contribution in [-0.4, -0.2) is 48.6 Å². The minimum Gasteiger partial charge on any atom is -0.444 e. The summed E-state index contributed by atoms with van der Waals surface area (Å²) in [7, 11) is 0. The van der Waals surface area contributed by atoms with Gasteiger partial charge in [0.05, 0.1) is 13.1 Å². The highest BCUT2D eigenvalue weighted by molar-refractivity contribution is 7.09. The van der Waals surface area contributed by atoms with Crippen molar-refractivity contribution in [2.24, 2.45) is 4.99 Å². The number of hydrogen-bond acceptors (Lipinski definition) is 5. The van der Waals surface area contributed by atoms with Crippen LogP contribution in [-0.2, 0) is 11.2 Å². The van der Waals surface area contributed by atoms with E-state index in [9.17, 15) is 4.79 Å². The Morgan fingerprint density at radius 2 is 2.33 bits per heavy atom. The summed E-state index contributed by atoms with van der Waals surface area (Å²) in [6, 6.07) is 4.18. The van der Waals surface area contributed by atoms with Crippen molar-refractivity contribution in [2.75, 3.05) is 26.2 Å². The Labute approximate surface area is 130 Å². The van der Waals surface area contributed by atoms with Crippen LogP contribution < -0.4 is 5.32 Å². The third kappa shape index (κ3) is 5.38. The van der Waals surface area contributed by atoms with Crippen molar-refractivity contribution in [3.8, 4) is 0 Å². The van der Waals surface area contributed by atoms with Gasteiger partial charge in [0.2, 0.25) is 0 Å². The molecular weight excluding hydrogens is 286 g/mol. The van der Waals surface area contributed by atoms with E-state index in [0.29, 0.717) is 19.6 Å². The van der Waals surface area contributed by atoms with Gasteiger partial charge in [-0.1, -0.05) is 6.07 Å². The molecule has 5 nitrogen and oxygen atoms in total. The van der Waals surface area contributed by atoms with Crippen LogP contribution in [0, 0.1) is 0 Å². The van der Waals surface area contributed by atoms with Gasteiger partial charge < -0.3 is 10.1 Å². The first-order valence-electron chi connectivity index (χ1n) is 7.21. The smallest absolute Gasteiger partial charge is 0.410 e. The molecule has 0 saturated carbocycles. The molecule has 1 aromatic rings. The topological polar surface area (TPSA) is 53.9 Å². The van der Waals surface area contributed by atoms with E-state index in [1.807, 2.05) is 20.8 Å². The Morgan fingerprint density at radius 1 is 1.52 bits per heavy atom. The molecule has 6 heteroatoms. The number of nitrogens with one attached hydrogen (secondary N) is 1. The van der Waals surface area contributed by atoms with E-state index in [1.54, 1.807) is 16.2 Å². The van der Waals surface area contributed by atoms with E-state index < -0.39 is 5.60 Å². The number of thiophene rings is 1. The van der Waals surface area contributed by atoms with Crippen molar-refractivity contribution in [2.45, 2.75) is 32.8 Å². The first-order chi connectivity index (χ1) is 9.94. The molecule has 1 N–H and O–H groups in total. The average Bonchev–Trinajstić information content (AvgIpc) is 2.90. The van der Waals surface area contributed by atoms with Crippen LogP contribution in [0.25, 0.3) is 0 Å². The Morgan fingerprint density at radius 3 is 3.00 bits per heavy atom. The summed E-state index contributed by atoms with van der Waals surface area (Å²) >= 11 is 1.76. The third-order valence-electron chi connectivity index (χ3n) is 2.95. The molecule has 2 rings (SSSR count). The highest BCUT2D eigenvalue weighted by atomic mass is 32.1. The number of carbonyl (C=O) groups is 1. The van der Waals surface area contributed by atoms with Crippen LogP contribution in [0.3, 0.4) is 0 Å². The Hall–Kier alpha value is -1.56. The normalized spacial score (nSPS) is 15.6. The lowest BCUT2D eigenvalue weighted by Crippen LogP contribution is -2.47. The summed E-state index contributed by atoms with van der Waals surface area (Å²) in [4.78, 5) is 19.5. The van der Waals surface area contributed by atoms with E-state index in [-0.39, 0.29) is 6.09 Å². The molecule has 0 radical (unpaired) electrons. The zero-order chi connectivity index (χ0) is 15.3. The molecule has 0 spiro atoms. The van der Waals surface area contributed by atoms with Crippen LogP contribution in [0.15, 0.2) is 22.5 Å². The number of amides is 1. The Bertz CT molecular complexity index is 492. The van der Waals surface area contributed by atoms with Gasteiger partial charge in [-0.05, 0) is 38.6 Å². The number of ether oxygens (including phenoxy) is 1. The maximum Gasteiger partial charge on any atom is 0.410 e. The summed E-state index contributed by atoms with van der Waals surface area (Å²) in [5.74, 6) is 0.865. The number of rotatable bonds is 3. The Balaban J connectivity index is 1.77. The quantitative estimate of drug-likeness (QED) is 0.933. The van der Waals surface area contributed by atoms with Crippen molar-refractivity contribution in [1.82, 2.24) is 10.2 Å². The summed E-state index contributed by atoms with van der Waals surface area (Å²) < 4.78 is 5.39. The van der Waals surface area contributed by atoms with Gasteiger partial charge in [0.1, 0.15) is 11.4 Å². The molecule has 0 bridgehead atoms. The fourth-order valence-corrected chi connectivity index (χ4v) is 2.70. The van der Waals surface area contributed by atoms with Gasteiger partial charge in [-0.15, -0.1) is 11.3 Å². The average molecular weight is 309 g/mol. The summed E-state index contributed by atoms with van der Waals surface area (Å²) in [6.07, 6.45) is 0.707. The van der Waals surface area contributed by atoms with Gasteiger partial charge in [-0.3, -0.25) is 9.89 Å². The zero-order valence-electron chi connectivity index (χ0n) is 12.9. The standard InChI is InChI=1S/C15H23N3O2S/c1-15(2,3)20-14(19)18-9-8-17-13(11-18)16-7-6-12-5-4-10-21-12/h4-5,10H,6-9,11H2,1-3H3,(H,16,17). The van der Waals surface area contributed by atoms with Gasteiger partial charge in [0, 0.05) is 18.0 Å². The van der Waals surface area contributed by atoms with Crippen molar-refractivity contribution in [3.05, 3.63) is 22.4 Å². The van der Waals surface area contributed by atoms with Crippen molar-refractivity contribution in [1.29, 1.82) is 0 Å². The van der Waals surface area contributed by atoms with E-state index >= 15 is 0 Å². The molecule has 0 saturated heterocycles. The molecule has 0 unspecified atom stereocenters. The van der Waals surface area contributed by atoms with Crippen LogP contribution in [0.5, 0.6) is 0 Å².